The van der Waals surface area contributed by atoms with E-state index >= 15 is 0 Å². The minimum atomic E-state index is -0.277. The number of allylic oxidation sites excluding steroid dienone is 7. The van der Waals surface area contributed by atoms with E-state index in [1.54, 1.807) is 16.7 Å². The Morgan fingerprint density at radius 1 is 1.03 bits per heavy atom. The second kappa shape index (κ2) is 6.65. The van der Waals surface area contributed by atoms with Gasteiger partial charge in [0.2, 0.25) is 0 Å². The average molecular weight is 453 g/mol. The molecule has 7 rings (SSSR count). The van der Waals surface area contributed by atoms with Crippen LogP contribution in [-0.4, -0.2) is 12.4 Å². The average Bonchev–Trinajstić information content (AvgIpc) is 3.49. The highest BCUT2D eigenvalue weighted by Gasteiger charge is 2.68. The van der Waals surface area contributed by atoms with Gasteiger partial charge in [0, 0.05) is 11.3 Å². The van der Waals surface area contributed by atoms with Gasteiger partial charge in [-0.1, -0.05) is 55.8 Å². The van der Waals surface area contributed by atoms with E-state index < -0.39 is 0 Å². The predicted octanol–water partition coefficient (Wildman–Crippen LogP) is 7.60. The van der Waals surface area contributed by atoms with Crippen molar-refractivity contribution in [3.63, 3.8) is 0 Å². The molecule has 0 heterocycles. The van der Waals surface area contributed by atoms with E-state index in [0.717, 1.165) is 50.9 Å². The Labute approximate surface area is 203 Å². The highest BCUT2D eigenvalue weighted by molar-refractivity contribution is 5.99. The molecule has 2 saturated carbocycles. The number of carbonyl (C=O) groups is 1. The van der Waals surface area contributed by atoms with Crippen molar-refractivity contribution in [2.45, 2.75) is 78.1 Å². The molecule has 0 radical (unpaired) electrons. The van der Waals surface area contributed by atoms with Crippen LogP contribution < -0.4 is 0 Å². The highest BCUT2D eigenvalue weighted by atomic mass is 16.5. The number of ketones is 1. The van der Waals surface area contributed by atoms with Gasteiger partial charge in [-0.3, -0.25) is 4.79 Å². The molecule has 3 unspecified atom stereocenters. The van der Waals surface area contributed by atoms with Crippen LogP contribution in [0.5, 0.6) is 0 Å². The third kappa shape index (κ3) is 2.40. The second-order valence-electron chi connectivity index (χ2n) is 12.4. The molecule has 2 spiro atoms. The fraction of sp³-hybridized carbons (Fsp3) is 0.531. The molecule has 34 heavy (non-hydrogen) atoms. The van der Waals surface area contributed by atoms with Crippen molar-refractivity contribution in [2.24, 2.45) is 21.7 Å². The molecule has 1 aromatic carbocycles. The van der Waals surface area contributed by atoms with Crippen LogP contribution in [0, 0.1) is 21.7 Å². The van der Waals surface area contributed by atoms with Crippen LogP contribution in [0.25, 0.3) is 0 Å². The molecule has 176 valence electrons. The van der Waals surface area contributed by atoms with Crippen molar-refractivity contribution >= 4 is 5.78 Å². The van der Waals surface area contributed by atoms with Crippen molar-refractivity contribution in [3.05, 3.63) is 82.2 Å². The minimum absolute atomic E-state index is 0.0490. The number of Topliss-reactive ketones (excluding diaryl/α,β-unsaturated/α-hetero) is 1. The Bertz CT molecular complexity index is 1220. The van der Waals surface area contributed by atoms with E-state index in [0.29, 0.717) is 11.2 Å². The Kier molecular flexibility index (Phi) is 4.10. The van der Waals surface area contributed by atoms with Crippen molar-refractivity contribution in [1.82, 2.24) is 0 Å². The van der Waals surface area contributed by atoms with Gasteiger partial charge in [-0.25, -0.2) is 0 Å². The molecule has 6 aliphatic carbocycles. The number of rotatable bonds is 3. The third-order valence-electron chi connectivity index (χ3n) is 10.8. The molecule has 0 aliphatic heterocycles. The van der Waals surface area contributed by atoms with Crippen LogP contribution in [0.1, 0.15) is 83.6 Å². The first-order valence-corrected chi connectivity index (χ1v) is 13.5. The molecule has 0 bridgehead atoms. The molecule has 6 aliphatic rings. The lowest BCUT2D eigenvalue weighted by Crippen LogP contribution is -2.45. The summed E-state index contributed by atoms with van der Waals surface area (Å²) in [6.07, 6.45) is 16.1. The quantitative estimate of drug-likeness (QED) is 0.472. The standard InChI is InChI=1S/C32H36O2/c1-4-34-22-10-14-30(3)25-12-15-32-26(24(25)20-31(16-17-31)27(30)18-22)11-13-29(32,2)19-23(28(32)33)21-8-6-5-7-9-21/h5-11,18,23H,4,12-17,19-20H2,1-3H3/t23?,29-,30?,32?/m0/s1. The van der Waals surface area contributed by atoms with Crippen LogP contribution in [0.4, 0.5) is 0 Å². The van der Waals surface area contributed by atoms with E-state index in [4.69, 9.17) is 4.74 Å². The maximum atomic E-state index is 14.4. The molecule has 4 atom stereocenters. The van der Waals surface area contributed by atoms with Gasteiger partial charge >= 0.3 is 0 Å². The summed E-state index contributed by atoms with van der Waals surface area (Å²) < 4.78 is 5.95. The molecule has 0 amide bonds. The van der Waals surface area contributed by atoms with Gasteiger partial charge in [0.1, 0.15) is 5.76 Å². The molecule has 2 heteroatoms. The zero-order valence-corrected chi connectivity index (χ0v) is 20.9. The molecular weight excluding hydrogens is 416 g/mol. The van der Waals surface area contributed by atoms with Crippen molar-refractivity contribution in [3.8, 4) is 0 Å². The summed E-state index contributed by atoms with van der Waals surface area (Å²) >= 11 is 0. The number of fused-ring (bicyclic) bond motifs is 4. The number of ether oxygens (including phenoxy) is 1. The first kappa shape index (κ1) is 21.0. The lowest BCUT2D eigenvalue weighted by atomic mass is 9.50. The van der Waals surface area contributed by atoms with Crippen LogP contribution in [0.3, 0.4) is 0 Å². The molecule has 0 saturated heterocycles. The lowest BCUT2D eigenvalue weighted by Gasteiger charge is -2.53. The summed E-state index contributed by atoms with van der Waals surface area (Å²) in [5.41, 5.74) is 7.68. The summed E-state index contributed by atoms with van der Waals surface area (Å²) in [4.78, 5) is 14.4. The van der Waals surface area contributed by atoms with Gasteiger partial charge in [-0.2, -0.15) is 0 Å². The maximum absolute atomic E-state index is 14.4. The van der Waals surface area contributed by atoms with Gasteiger partial charge in [-0.15, -0.1) is 0 Å². The topological polar surface area (TPSA) is 26.3 Å². The Morgan fingerprint density at radius 3 is 2.56 bits per heavy atom. The predicted molar refractivity (Wildman–Crippen MR) is 135 cm³/mol. The number of hydrogen-bond donors (Lipinski definition) is 0. The van der Waals surface area contributed by atoms with E-state index in [9.17, 15) is 4.79 Å². The summed E-state index contributed by atoms with van der Waals surface area (Å²) in [6, 6.07) is 10.6. The Hall–Kier alpha value is -2.35. The lowest BCUT2D eigenvalue weighted by molar-refractivity contribution is -0.128. The van der Waals surface area contributed by atoms with Crippen LogP contribution in [-0.2, 0) is 9.53 Å². The number of carbonyl (C=O) groups excluding carboxylic acids is 1. The Morgan fingerprint density at radius 2 is 1.82 bits per heavy atom. The minimum Gasteiger partial charge on any atom is -0.494 e. The molecule has 0 aromatic heterocycles. The Balaban J connectivity index is 1.34. The SMILES string of the molecule is CCOC1=CCC2(C)C(=C1)C1(CC1)CC1=C2CCC23C(=O)C(c4ccccc4)C[C@]2(C)CC=C13. The van der Waals surface area contributed by atoms with Gasteiger partial charge in [0.25, 0.3) is 0 Å². The number of benzene rings is 1. The summed E-state index contributed by atoms with van der Waals surface area (Å²) in [5.74, 6) is 1.63. The van der Waals surface area contributed by atoms with Crippen LogP contribution in [0.15, 0.2) is 76.6 Å². The van der Waals surface area contributed by atoms with E-state index in [1.165, 1.54) is 24.0 Å². The molecular formula is C32H36O2. The molecule has 2 nitrogen and oxygen atoms in total. The molecule has 0 N–H and O–H groups in total. The van der Waals surface area contributed by atoms with Gasteiger partial charge in [-0.05, 0) is 104 Å². The van der Waals surface area contributed by atoms with Crippen molar-refractivity contribution in [1.29, 1.82) is 0 Å². The highest BCUT2D eigenvalue weighted by Crippen LogP contribution is 2.76. The van der Waals surface area contributed by atoms with Gasteiger partial charge in [0.15, 0.2) is 5.78 Å². The molecule has 1 aromatic rings. The zero-order chi connectivity index (χ0) is 23.3. The van der Waals surface area contributed by atoms with Crippen molar-refractivity contribution < 1.29 is 9.53 Å². The van der Waals surface area contributed by atoms with Gasteiger partial charge < -0.3 is 4.74 Å². The largest absolute Gasteiger partial charge is 0.494 e. The fourth-order valence-corrected chi connectivity index (χ4v) is 8.96. The van der Waals surface area contributed by atoms with Gasteiger partial charge in [0.05, 0.1) is 12.0 Å². The van der Waals surface area contributed by atoms with E-state index in [2.05, 4.69) is 69.3 Å². The summed E-state index contributed by atoms with van der Waals surface area (Å²) in [6.45, 7) is 7.71. The fourth-order valence-electron chi connectivity index (χ4n) is 8.96. The van der Waals surface area contributed by atoms with Crippen LogP contribution >= 0.6 is 0 Å². The molecule has 2 fully saturated rings. The summed E-state index contributed by atoms with van der Waals surface area (Å²) in [7, 11) is 0. The number of hydrogen-bond acceptors (Lipinski definition) is 2. The first-order valence-electron chi connectivity index (χ1n) is 13.5. The maximum Gasteiger partial charge on any atom is 0.151 e. The monoisotopic (exact) mass is 452 g/mol. The van der Waals surface area contributed by atoms with Crippen LogP contribution in [0.2, 0.25) is 0 Å². The summed E-state index contributed by atoms with van der Waals surface area (Å²) in [5, 5.41) is 0. The third-order valence-corrected chi connectivity index (χ3v) is 10.8. The van der Waals surface area contributed by atoms with E-state index in [1.807, 2.05) is 0 Å². The zero-order valence-electron chi connectivity index (χ0n) is 20.9. The smallest absolute Gasteiger partial charge is 0.151 e. The normalized spacial score (nSPS) is 39.0. The van der Waals surface area contributed by atoms with Crippen molar-refractivity contribution in [2.75, 3.05) is 6.61 Å². The first-order chi connectivity index (χ1) is 16.4. The van der Waals surface area contributed by atoms with E-state index in [-0.39, 0.29) is 22.2 Å². The second-order valence-corrected chi connectivity index (χ2v) is 12.4.